The first-order valence-electron chi connectivity index (χ1n) is 10.4. The average molecular weight is 458 g/mol. The van der Waals surface area contributed by atoms with E-state index in [1.807, 2.05) is 73.7 Å². The molecule has 0 aliphatic carbocycles. The molecule has 0 saturated heterocycles. The largest absolute Gasteiger partial charge is 0.466 e. The number of carbonyl (C=O) groups is 1. The van der Waals surface area contributed by atoms with E-state index < -0.39 is 19.7 Å². The van der Waals surface area contributed by atoms with E-state index in [2.05, 4.69) is 0 Å². The second-order valence-electron chi connectivity index (χ2n) is 7.13. The van der Waals surface area contributed by atoms with Crippen LogP contribution < -0.4 is 0 Å². The highest BCUT2D eigenvalue weighted by atomic mass is 32.2. The summed E-state index contributed by atoms with van der Waals surface area (Å²) in [6, 6.07) is 21.6. The van der Waals surface area contributed by atoms with Crippen LogP contribution in [-0.2, 0) is 25.3 Å². The molecule has 0 amide bonds. The highest BCUT2D eigenvalue weighted by molar-refractivity contribution is 7.99. The molecular formula is C24H28NO4PS. The number of nitrogens with zero attached hydrogens (tertiary/aromatic N) is 1. The van der Waals surface area contributed by atoms with Gasteiger partial charge in [-0.2, -0.15) is 0 Å². The number of ether oxygens (including phenoxy) is 2. The van der Waals surface area contributed by atoms with Crippen molar-refractivity contribution in [2.75, 3.05) is 19.0 Å². The molecule has 0 saturated carbocycles. The number of esters is 1. The minimum absolute atomic E-state index is 0.264. The molecule has 0 N–H and O–H groups in total. The Kier molecular flexibility index (Phi) is 8.70. The molecule has 0 radical (unpaired) electrons. The molecule has 3 unspecified atom stereocenters. The van der Waals surface area contributed by atoms with Gasteiger partial charge in [0.25, 0.3) is 0 Å². The molecule has 31 heavy (non-hydrogen) atoms. The van der Waals surface area contributed by atoms with Crippen LogP contribution in [0.3, 0.4) is 0 Å². The number of fused-ring (bicyclic) bond motifs is 1. The fourth-order valence-corrected chi connectivity index (χ4v) is 5.68. The molecule has 3 rings (SSSR count). The van der Waals surface area contributed by atoms with Gasteiger partial charge in [-0.15, -0.1) is 11.8 Å². The number of hydrogen-bond donors (Lipinski definition) is 0. The minimum atomic E-state index is -1.41. The van der Waals surface area contributed by atoms with E-state index in [1.165, 1.54) is 11.8 Å². The molecular weight excluding hydrogens is 429 g/mol. The summed E-state index contributed by atoms with van der Waals surface area (Å²) in [5.74, 6) is -0.702. The lowest BCUT2D eigenvalue weighted by molar-refractivity contribution is -0.155. The van der Waals surface area contributed by atoms with Crippen molar-refractivity contribution in [3.8, 4) is 0 Å². The number of pyridine rings is 1. The fourth-order valence-electron chi connectivity index (χ4n) is 3.52. The standard InChI is InChI=1S/C24H28NO4PS/c1-3-28-23(26)20(16-18-10-6-5-7-11-18)24(30-27,29-4-2)17-31-22-15-14-19-12-8-9-13-21(19)25-22/h5-15,20H,3-4,16-17,30H2,1-2H3. The Hall–Kier alpha value is -2.14. The second kappa shape index (κ2) is 11.5. The quantitative estimate of drug-likeness (QED) is 0.223. The van der Waals surface area contributed by atoms with Gasteiger partial charge in [0, 0.05) is 17.7 Å². The Balaban J connectivity index is 1.90. The first-order valence-corrected chi connectivity index (χ1v) is 12.4. The molecule has 0 aliphatic heterocycles. The first kappa shape index (κ1) is 23.5. The summed E-state index contributed by atoms with van der Waals surface area (Å²) in [4.78, 5) is 17.7. The van der Waals surface area contributed by atoms with Crippen LogP contribution >= 0.6 is 20.2 Å². The molecule has 164 valence electrons. The third-order valence-corrected chi connectivity index (χ3v) is 7.66. The van der Waals surface area contributed by atoms with Gasteiger partial charge < -0.3 is 14.0 Å². The van der Waals surface area contributed by atoms with E-state index in [-0.39, 0.29) is 12.6 Å². The van der Waals surface area contributed by atoms with Crippen molar-refractivity contribution in [3.05, 3.63) is 72.3 Å². The van der Waals surface area contributed by atoms with Gasteiger partial charge in [0.1, 0.15) is 5.34 Å². The molecule has 0 fully saturated rings. The minimum Gasteiger partial charge on any atom is -0.466 e. The van der Waals surface area contributed by atoms with Gasteiger partial charge >= 0.3 is 5.97 Å². The van der Waals surface area contributed by atoms with Crippen LogP contribution in [-0.4, -0.2) is 35.3 Å². The lowest BCUT2D eigenvalue weighted by atomic mass is 9.94. The number of hydrogen-bond acceptors (Lipinski definition) is 6. The zero-order valence-electron chi connectivity index (χ0n) is 17.8. The number of carbonyl (C=O) groups excluding carboxylic acids is 1. The van der Waals surface area contributed by atoms with Gasteiger partial charge in [0.15, 0.2) is 0 Å². The zero-order chi connectivity index (χ0) is 22.1. The first-order chi connectivity index (χ1) is 15.1. The molecule has 1 aromatic heterocycles. The highest BCUT2D eigenvalue weighted by Gasteiger charge is 2.44. The van der Waals surface area contributed by atoms with Gasteiger partial charge in [-0.25, -0.2) is 4.98 Å². The fraction of sp³-hybridized carbons (Fsp3) is 0.333. The molecule has 1 heterocycles. The van der Waals surface area contributed by atoms with Crippen molar-refractivity contribution in [1.82, 2.24) is 4.98 Å². The summed E-state index contributed by atoms with van der Waals surface area (Å²) in [6.45, 7) is 4.25. The van der Waals surface area contributed by atoms with Gasteiger partial charge in [-0.3, -0.25) is 4.79 Å². The normalized spacial score (nSPS) is 14.5. The SMILES string of the molecule is CCOC(=O)C(Cc1ccccc1)C(CSc1ccc2ccccc2n1)(OCC)[PH2]=O. The van der Waals surface area contributed by atoms with Crippen LogP contribution in [0, 0.1) is 5.92 Å². The van der Waals surface area contributed by atoms with E-state index in [4.69, 9.17) is 14.5 Å². The van der Waals surface area contributed by atoms with Crippen LogP contribution in [0.15, 0.2) is 71.8 Å². The monoisotopic (exact) mass is 457 g/mol. The van der Waals surface area contributed by atoms with Gasteiger partial charge in [-0.05, 0) is 38.0 Å². The molecule has 0 bridgehead atoms. The van der Waals surface area contributed by atoms with Gasteiger partial charge in [0.2, 0.25) is 0 Å². The van der Waals surface area contributed by atoms with Gasteiger partial charge in [-0.1, -0.05) is 54.6 Å². The third kappa shape index (κ3) is 5.97. The number of benzene rings is 2. The topological polar surface area (TPSA) is 65.5 Å². The van der Waals surface area contributed by atoms with E-state index in [9.17, 15) is 9.36 Å². The number of thioether (sulfide) groups is 1. The van der Waals surface area contributed by atoms with E-state index in [1.54, 1.807) is 6.92 Å². The highest BCUT2D eigenvalue weighted by Crippen LogP contribution is 2.41. The number of rotatable bonds is 11. The average Bonchev–Trinajstić information content (AvgIpc) is 2.81. The summed E-state index contributed by atoms with van der Waals surface area (Å²) in [7, 11) is -1.41. The van der Waals surface area contributed by atoms with Crippen LogP contribution in [0.5, 0.6) is 0 Å². The summed E-state index contributed by atoms with van der Waals surface area (Å²) in [6.07, 6.45) is 0.403. The molecule has 3 aromatic rings. The summed E-state index contributed by atoms with van der Waals surface area (Å²) < 4.78 is 24.1. The summed E-state index contributed by atoms with van der Waals surface area (Å²) in [5, 5.41) is 0.748. The molecule has 3 atom stereocenters. The van der Waals surface area contributed by atoms with Crippen molar-refractivity contribution >= 4 is 37.1 Å². The molecule has 2 aromatic carbocycles. The van der Waals surface area contributed by atoms with E-state index >= 15 is 0 Å². The van der Waals surface area contributed by atoms with Crippen LogP contribution in [0.4, 0.5) is 0 Å². The Morgan fingerprint density at radius 3 is 2.48 bits per heavy atom. The maximum Gasteiger partial charge on any atom is 0.312 e. The lowest BCUT2D eigenvalue weighted by Crippen LogP contribution is -2.44. The van der Waals surface area contributed by atoms with Gasteiger partial charge in [0.05, 0.1) is 31.5 Å². The number of para-hydroxylation sites is 1. The Morgan fingerprint density at radius 1 is 1.03 bits per heavy atom. The van der Waals surface area contributed by atoms with Crippen LogP contribution in [0.25, 0.3) is 10.9 Å². The molecule has 7 heteroatoms. The Bertz CT molecular complexity index is 1020. The van der Waals surface area contributed by atoms with Crippen molar-refractivity contribution < 1.29 is 18.8 Å². The Morgan fingerprint density at radius 2 is 1.77 bits per heavy atom. The lowest BCUT2D eigenvalue weighted by Gasteiger charge is -2.35. The van der Waals surface area contributed by atoms with Crippen molar-refractivity contribution in [3.63, 3.8) is 0 Å². The van der Waals surface area contributed by atoms with Crippen molar-refractivity contribution in [2.45, 2.75) is 30.6 Å². The molecule has 0 aliphatic rings. The second-order valence-corrected chi connectivity index (χ2v) is 9.34. The van der Waals surface area contributed by atoms with E-state index in [0.29, 0.717) is 18.8 Å². The predicted molar refractivity (Wildman–Crippen MR) is 127 cm³/mol. The van der Waals surface area contributed by atoms with Crippen LogP contribution in [0.2, 0.25) is 0 Å². The summed E-state index contributed by atoms with van der Waals surface area (Å²) >= 11 is 1.46. The maximum absolute atomic E-state index is 13.0. The third-order valence-electron chi connectivity index (χ3n) is 5.07. The maximum atomic E-state index is 13.0. The predicted octanol–water partition coefficient (Wildman–Crippen LogP) is 5.24. The molecule has 5 nitrogen and oxygen atoms in total. The summed E-state index contributed by atoms with van der Waals surface area (Å²) in [5.41, 5.74) is 1.88. The molecule has 0 spiro atoms. The van der Waals surface area contributed by atoms with E-state index in [0.717, 1.165) is 21.5 Å². The zero-order valence-corrected chi connectivity index (χ0v) is 19.8. The smallest absolute Gasteiger partial charge is 0.312 e. The van der Waals surface area contributed by atoms with Crippen molar-refractivity contribution in [2.24, 2.45) is 5.92 Å². The Labute approximate surface area is 188 Å². The van der Waals surface area contributed by atoms with Crippen LogP contribution in [0.1, 0.15) is 19.4 Å². The number of aromatic nitrogens is 1. The van der Waals surface area contributed by atoms with Crippen molar-refractivity contribution in [1.29, 1.82) is 0 Å².